The van der Waals surface area contributed by atoms with Crippen molar-refractivity contribution < 1.29 is 13.5 Å². The number of hydrogen-bond donors (Lipinski definition) is 1. The van der Waals surface area contributed by atoms with Gasteiger partial charge >= 0.3 is 0 Å². The molecule has 0 radical (unpaired) electrons. The van der Waals surface area contributed by atoms with E-state index in [0.717, 1.165) is 18.2 Å². The predicted molar refractivity (Wildman–Crippen MR) is 67.5 cm³/mol. The second-order valence-electron chi connectivity index (χ2n) is 3.99. The molecule has 8 heteroatoms. The zero-order valence-electron chi connectivity index (χ0n) is 10.3. The Morgan fingerprint density at radius 2 is 1.85 bits per heavy atom. The van der Waals surface area contributed by atoms with Crippen LogP contribution in [0.1, 0.15) is 0 Å². The third kappa shape index (κ3) is 1.81. The van der Waals surface area contributed by atoms with E-state index < -0.39 is 11.6 Å². The number of nitrogen functional groups attached to an aromatic ring is 1. The van der Waals surface area contributed by atoms with Crippen LogP contribution in [-0.4, -0.2) is 26.6 Å². The van der Waals surface area contributed by atoms with Gasteiger partial charge in [-0.3, -0.25) is 4.57 Å². The number of anilines is 1. The van der Waals surface area contributed by atoms with Crippen LogP contribution in [0.4, 0.5) is 14.7 Å². The first-order valence-corrected chi connectivity index (χ1v) is 5.59. The summed E-state index contributed by atoms with van der Waals surface area (Å²) in [6.45, 7) is 0. The Bertz CT molecular complexity index is 782. The van der Waals surface area contributed by atoms with Gasteiger partial charge in [-0.25, -0.2) is 18.7 Å². The number of benzene rings is 1. The summed E-state index contributed by atoms with van der Waals surface area (Å²) in [7, 11) is 1.43. The lowest BCUT2D eigenvalue weighted by Gasteiger charge is -2.06. The molecule has 0 spiro atoms. The monoisotopic (exact) mass is 277 g/mol. The second-order valence-corrected chi connectivity index (χ2v) is 3.99. The summed E-state index contributed by atoms with van der Waals surface area (Å²) in [6.07, 6.45) is 1.26. The Hall–Kier alpha value is -2.77. The van der Waals surface area contributed by atoms with Gasteiger partial charge in [0, 0.05) is 6.07 Å². The Morgan fingerprint density at radius 1 is 1.15 bits per heavy atom. The molecule has 0 fully saturated rings. The molecule has 102 valence electrons. The standard InChI is InChI=1S/C12H9F2N5O/c1-20-11-9-10(16-5-17-11)19(12(15)18-9)8-3-6(13)2-7(14)4-8/h2-5H,1H3,(H2,15,18). The summed E-state index contributed by atoms with van der Waals surface area (Å²) < 4.78 is 33.0. The van der Waals surface area contributed by atoms with Crippen LogP contribution in [0.3, 0.4) is 0 Å². The number of methoxy groups -OCH3 is 1. The van der Waals surface area contributed by atoms with Gasteiger partial charge < -0.3 is 10.5 Å². The molecule has 3 aromatic rings. The summed E-state index contributed by atoms with van der Waals surface area (Å²) >= 11 is 0. The van der Waals surface area contributed by atoms with Crippen LogP contribution < -0.4 is 10.5 Å². The molecule has 20 heavy (non-hydrogen) atoms. The van der Waals surface area contributed by atoms with Crippen molar-refractivity contribution in [3.63, 3.8) is 0 Å². The van der Waals surface area contributed by atoms with Crippen LogP contribution in [-0.2, 0) is 0 Å². The molecular weight excluding hydrogens is 268 g/mol. The van der Waals surface area contributed by atoms with Gasteiger partial charge in [0.2, 0.25) is 11.8 Å². The number of aromatic nitrogens is 4. The molecule has 2 heterocycles. The molecular formula is C12H9F2N5O. The normalized spacial score (nSPS) is 10.9. The van der Waals surface area contributed by atoms with E-state index in [4.69, 9.17) is 10.5 Å². The molecule has 2 N–H and O–H groups in total. The van der Waals surface area contributed by atoms with Gasteiger partial charge in [-0.05, 0) is 12.1 Å². The van der Waals surface area contributed by atoms with Crippen molar-refractivity contribution in [3.05, 3.63) is 36.2 Å². The lowest BCUT2D eigenvalue weighted by molar-refractivity contribution is 0.401. The van der Waals surface area contributed by atoms with Crippen LogP contribution in [0.5, 0.6) is 5.88 Å². The summed E-state index contributed by atoms with van der Waals surface area (Å²) in [5, 5.41) is 0. The first-order valence-electron chi connectivity index (χ1n) is 5.59. The Labute approximate surface area is 111 Å². The maximum atomic E-state index is 13.3. The Balaban J connectivity index is 2.33. The smallest absolute Gasteiger partial charge is 0.245 e. The van der Waals surface area contributed by atoms with E-state index in [2.05, 4.69) is 15.0 Å². The molecule has 3 rings (SSSR count). The minimum absolute atomic E-state index is 0.0313. The average Bonchev–Trinajstić information content (AvgIpc) is 2.73. The van der Waals surface area contributed by atoms with Crippen LogP contribution in [0.2, 0.25) is 0 Å². The van der Waals surface area contributed by atoms with E-state index >= 15 is 0 Å². The second kappa shape index (κ2) is 4.41. The van der Waals surface area contributed by atoms with Crippen molar-refractivity contribution in [1.29, 1.82) is 0 Å². The van der Waals surface area contributed by atoms with Gasteiger partial charge in [0.05, 0.1) is 12.8 Å². The zero-order chi connectivity index (χ0) is 14.3. The highest BCUT2D eigenvalue weighted by Gasteiger charge is 2.16. The largest absolute Gasteiger partial charge is 0.479 e. The molecule has 0 saturated heterocycles. The fraction of sp³-hybridized carbons (Fsp3) is 0.0833. The summed E-state index contributed by atoms with van der Waals surface area (Å²) in [6, 6.07) is 3.04. The number of hydrogen-bond acceptors (Lipinski definition) is 5. The van der Waals surface area contributed by atoms with E-state index in [1.807, 2.05) is 0 Å². The molecule has 0 aliphatic carbocycles. The van der Waals surface area contributed by atoms with Crippen molar-refractivity contribution in [2.75, 3.05) is 12.8 Å². The van der Waals surface area contributed by atoms with E-state index in [0.29, 0.717) is 11.2 Å². The molecule has 1 aromatic carbocycles. The van der Waals surface area contributed by atoms with Crippen molar-refractivity contribution in [2.45, 2.75) is 0 Å². The fourth-order valence-corrected chi connectivity index (χ4v) is 1.96. The van der Waals surface area contributed by atoms with Gasteiger partial charge in [-0.1, -0.05) is 0 Å². The number of halogens is 2. The summed E-state index contributed by atoms with van der Waals surface area (Å²) in [5.41, 5.74) is 6.60. The van der Waals surface area contributed by atoms with Crippen molar-refractivity contribution >= 4 is 17.1 Å². The highest BCUT2D eigenvalue weighted by molar-refractivity contribution is 5.81. The predicted octanol–water partition coefficient (Wildman–Crippen LogP) is 1.68. The molecule has 0 aliphatic rings. The van der Waals surface area contributed by atoms with Crippen LogP contribution in [0.15, 0.2) is 24.5 Å². The van der Waals surface area contributed by atoms with Crippen molar-refractivity contribution in [1.82, 2.24) is 19.5 Å². The lowest BCUT2D eigenvalue weighted by atomic mass is 10.3. The highest BCUT2D eigenvalue weighted by atomic mass is 19.1. The molecule has 0 atom stereocenters. The number of ether oxygens (including phenoxy) is 1. The van der Waals surface area contributed by atoms with E-state index in [9.17, 15) is 8.78 Å². The Morgan fingerprint density at radius 3 is 2.50 bits per heavy atom. The van der Waals surface area contributed by atoms with Gasteiger partial charge in [0.25, 0.3) is 0 Å². The van der Waals surface area contributed by atoms with Gasteiger partial charge in [0.15, 0.2) is 11.2 Å². The SMILES string of the molecule is COc1ncnc2c1nc(N)n2-c1cc(F)cc(F)c1. The number of fused-ring (bicyclic) bond motifs is 1. The third-order valence-electron chi connectivity index (χ3n) is 2.74. The number of nitrogens with two attached hydrogens (primary N) is 1. The van der Waals surface area contributed by atoms with Gasteiger partial charge in [-0.15, -0.1) is 0 Å². The van der Waals surface area contributed by atoms with Crippen molar-refractivity contribution in [3.8, 4) is 11.6 Å². The molecule has 0 amide bonds. The van der Waals surface area contributed by atoms with E-state index in [-0.39, 0.29) is 17.5 Å². The van der Waals surface area contributed by atoms with Crippen LogP contribution in [0.25, 0.3) is 16.9 Å². The maximum absolute atomic E-state index is 13.3. The minimum Gasteiger partial charge on any atom is -0.479 e. The first kappa shape index (κ1) is 12.3. The molecule has 0 saturated carbocycles. The van der Waals surface area contributed by atoms with Gasteiger partial charge in [0.1, 0.15) is 18.0 Å². The number of nitrogens with zero attached hydrogens (tertiary/aromatic N) is 4. The fourth-order valence-electron chi connectivity index (χ4n) is 1.96. The lowest BCUT2D eigenvalue weighted by Crippen LogP contribution is -2.02. The van der Waals surface area contributed by atoms with Crippen LogP contribution in [0, 0.1) is 11.6 Å². The zero-order valence-corrected chi connectivity index (χ0v) is 10.3. The first-order chi connectivity index (χ1) is 9.60. The van der Waals surface area contributed by atoms with E-state index in [1.54, 1.807) is 0 Å². The quantitative estimate of drug-likeness (QED) is 0.771. The molecule has 0 unspecified atom stereocenters. The van der Waals surface area contributed by atoms with Crippen LogP contribution >= 0.6 is 0 Å². The molecule has 0 aliphatic heterocycles. The Kier molecular flexibility index (Phi) is 2.70. The van der Waals surface area contributed by atoms with E-state index in [1.165, 1.54) is 18.0 Å². The summed E-state index contributed by atoms with van der Waals surface area (Å²) in [4.78, 5) is 12.0. The highest BCUT2D eigenvalue weighted by Crippen LogP contribution is 2.26. The third-order valence-corrected chi connectivity index (χ3v) is 2.74. The number of rotatable bonds is 2. The van der Waals surface area contributed by atoms with Crippen molar-refractivity contribution in [2.24, 2.45) is 0 Å². The molecule has 2 aromatic heterocycles. The topological polar surface area (TPSA) is 78.8 Å². The number of imidazole rings is 1. The maximum Gasteiger partial charge on any atom is 0.245 e. The summed E-state index contributed by atoms with van der Waals surface area (Å²) in [5.74, 6) is -1.18. The minimum atomic E-state index is -0.720. The average molecular weight is 277 g/mol. The molecule has 0 bridgehead atoms. The van der Waals surface area contributed by atoms with Gasteiger partial charge in [-0.2, -0.15) is 4.98 Å². The molecule has 6 nitrogen and oxygen atoms in total.